The molecule has 8 nitrogen and oxygen atoms in total. The highest BCUT2D eigenvalue weighted by Crippen LogP contribution is 2.26. The van der Waals surface area contributed by atoms with Crippen LogP contribution in [-0.4, -0.2) is 51.4 Å². The van der Waals surface area contributed by atoms with Crippen LogP contribution in [0.5, 0.6) is 5.75 Å². The maximum Gasteiger partial charge on any atom is 0.264 e. The Morgan fingerprint density at radius 2 is 1.60 bits per heavy atom. The minimum atomic E-state index is -4.10. The maximum atomic E-state index is 14.0. The molecule has 0 radical (unpaired) electrons. The van der Waals surface area contributed by atoms with Gasteiger partial charge in [0.2, 0.25) is 11.8 Å². The van der Waals surface area contributed by atoms with E-state index in [9.17, 15) is 18.0 Å². The first-order valence-electron chi connectivity index (χ1n) is 13.3. The second kappa shape index (κ2) is 13.5. The van der Waals surface area contributed by atoms with Crippen LogP contribution in [0.4, 0.5) is 5.69 Å². The molecule has 1 N–H and O–H groups in total. The lowest BCUT2D eigenvalue weighted by Gasteiger charge is -2.32. The number of benzene rings is 3. The lowest BCUT2D eigenvalue weighted by Crippen LogP contribution is -2.51. The first kappa shape index (κ1) is 30.7. The van der Waals surface area contributed by atoms with Crippen LogP contribution >= 0.6 is 0 Å². The highest BCUT2D eigenvalue weighted by Gasteiger charge is 2.32. The number of hydrogen-bond acceptors (Lipinski definition) is 5. The molecule has 3 rings (SSSR count). The number of carbonyl (C=O) groups is 2. The molecule has 0 saturated heterocycles. The first-order chi connectivity index (χ1) is 18.9. The van der Waals surface area contributed by atoms with Gasteiger partial charge in [-0.25, -0.2) is 8.42 Å². The van der Waals surface area contributed by atoms with Crippen molar-refractivity contribution in [3.63, 3.8) is 0 Å². The molecule has 3 aromatic carbocycles. The van der Waals surface area contributed by atoms with E-state index in [1.807, 2.05) is 45.9 Å². The number of nitrogens with zero attached hydrogens (tertiary/aromatic N) is 2. The van der Waals surface area contributed by atoms with Crippen LogP contribution in [0, 0.1) is 19.8 Å². The summed E-state index contributed by atoms with van der Waals surface area (Å²) in [7, 11) is -2.54. The van der Waals surface area contributed by atoms with Gasteiger partial charge in [-0.05, 0) is 79.8 Å². The Kier molecular flexibility index (Phi) is 10.3. The third kappa shape index (κ3) is 7.63. The molecule has 0 aliphatic carbocycles. The highest BCUT2D eigenvalue weighted by molar-refractivity contribution is 7.92. The van der Waals surface area contributed by atoms with E-state index in [0.717, 1.165) is 21.0 Å². The zero-order valence-electron chi connectivity index (χ0n) is 24.0. The van der Waals surface area contributed by atoms with Crippen molar-refractivity contribution in [2.75, 3.05) is 24.5 Å². The van der Waals surface area contributed by atoms with Crippen molar-refractivity contribution in [2.45, 2.75) is 52.1 Å². The minimum Gasteiger partial charge on any atom is -0.497 e. The molecule has 0 aliphatic rings. The van der Waals surface area contributed by atoms with Crippen LogP contribution in [0.3, 0.4) is 0 Å². The monoisotopic (exact) mass is 565 g/mol. The van der Waals surface area contributed by atoms with E-state index in [-0.39, 0.29) is 23.3 Å². The number of carbonyl (C=O) groups excluding carboxylic acids is 2. The van der Waals surface area contributed by atoms with Crippen molar-refractivity contribution in [1.29, 1.82) is 0 Å². The zero-order valence-corrected chi connectivity index (χ0v) is 24.9. The summed E-state index contributed by atoms with van der Waals surface area (Å²) in [5, 5.41) is 2.89. The average Bonchev–Trinajstić information content (AvgIpc) is 2.94. The van der Waals surface area contributed by atoms with Crippen molar-refractivity contribution in [2.24, 2.45) is 5.92 Å². The van der Waals surface area contributed by atoms with Crippen molar-refractivity contribution < 1.29 is 22.7 Å². The van der Waals surface area contributed by atoms with Crippen molar-refractivity contribution in [3.8, 4) is 5.75 Å². The van der Waals surface area contributed by atoms with Gasteiger partial charge in [0.05, 0.1) is 17.7 Å². The summed E-state index contributed by atoms with van der Waals surface area (Å²) in [5.41, 5.74) is 3.02. The summed E-state index contributed by atoms with van der Waals surface area (Å²) in [5.74, 6) is 0.0292. The molecule has 9 heteroatoms. The van der Waals surface area contributed by atoms with E-state index in [1.54, 1.807) is 56.5 Å². The van der Waals surface area contributed by atoms with Gasteiger partial charge in [0.25, 0.3) is 10.0 Å². The average molecular weight is 566 g/mol. The third-order valence-electron chi connectivity index (χ3n) is 6.73. The maximum absolute atomic E-state index is 14.0. The van der Waals surface area contributed by atoms with Crippen LogP contribution in [-0.2, 0) is 26.2 Å². The molecular formula is C31H39N3O5S. The van der Waals surface area contributed by atoms with E-state index in [2.05, 4.69) is 5.32 Å². The van der Waals surface area contributed by atoms with Gasteiger partial charge in [0.1, 0.15) is 18.3 Å². The van der Waals surface area contributed by atoms with Crippen LogP contribution in [0.25, 0.3) is 0 Å². The van der Waals surface area contributed by atoms with Gasteiger partial charge in [0.15, 0.2) is 0 Å². The van der Waals surface area contributed by atoms with Crippen LogP contribution in [0.2, 0.25) is 0 Å². The van der Waals surface area contributed by atoms with Gasteiger partial charge in [-0.15, -0.1) is 0 Å². The molecule has 0 fully saturated rings. The van der Waals surface area contributed by atoms with Crippen molar-refractivity contribution in [3.05, 3.63) is 89.5 Å². The van der Waals surface area contributed by atoms with Crippen molar-refractivity contribution in [1.82, 2.24) is 10.2 Å². The Balaban J connectivity index is 2.03. The molecule has 40 heavy (non-hydrogen) atoms. The first-order valence-corrected chi connectivity index (χ1v) is 14.7. The number of amides is 2. The molecule has 1 atom stereocenters. The quantitative estimate of drug-likeness (QED) is 0.344. The molecule has 0 aromatic heterocycles. The molecule has 2 amide bonds. The number of rotatable bonds is 12. The van der Waals surface area contributed by atoms with Gasteiger partial charge in [-0.1, -0.05) is 50.2 Å². The normalized spacial score (nSPS) is 12.1. The smallest absolute Gasteiger partial charge is 0.264 e. The van der Waals surface area contributed by atoms with Gasteiger partial charge in [-0.2, -0.15) is 0 Å². The number of methoxy groups -OCH3 is 1. The molecule has 0 spiro atoms. The molecule has 3 aromatic rings. The summed E-state index contributed by atoms with van der Waals surface area (Å²) in [6.07, 6.45) is 0. The molecule has 0 aliphatic heterocycles. The summed E-state index contributed by atoms with van der Waals surface area (Å²) in [4.78, 5) is 28.6. The molecule has 1 unspecified atom stereocenters. The summed E-state index contributed by atoms with van der Waals surface area (Å²) >= 11 is 0. The largest absolute Gasteiger partial charge is 0.497 e. The SMILES string of the molecule is COc1cccc(CN(C(=O)CN(c2ccc(C)c(C)c2)S(=O)(=O)c2ccccc2)C(C)C(=O)NCC(C)C)c1. The van der Waals surface area contributed by atoms with Crippen molar-refractivity contribution >= 4 is 27.5 Å². The fourth-order valence-electron chi connectivity index (χ4n) is 4.13. The fourth-order valence-corrected chi connectivity index (χ4v) is 5.56. The highest BCUT2D eigenvalue weighted by atomic mass is 32.2. The second-order valence-electron chi connectivity index (χ2n) is 10.3. The predicted molar refractivity (Wildman–Crippen MR) is 158 cm³/mol. The van der Waals surface area contributed by atoms with Gasteiger partial charge >= 0.3 is 0 Å². The van der Waals surface area contributed by atoms with Gasteiger partial charge in [0, 0.05) is 13.1 Å². The molecule has 0 saturated carbocycles. The van der Waals surface area contributed by atoms with E-state index in [1.165, 1.54) is 17.0 Å². The molecular weight excluding hydrogens is 526 g/mol. The number of nitrogens with one attached hydrogen (secondary N) is 1. The van der Waals surface area contributed by atoms with Crippen LogP contribution < -0.4 is 14.4 Å². The Bertz CT molecular complexity index is 1420. The minimum absolute atomic E-state index is 0.0723. The zero-order chi connectivity index (χ0) is 29.4. The summed E-state index contributed by atoms with van der Waals surface area (Å²) in [6.45, 7) is 9.53. The second-order valence-corrected chi connectivity index (χ2v) is 12.1. The lowest BCUT2D eigenvalue weighted by atomic mass is 10.1. The topological polar surface area (TPSA) is 96.0 Å². The van der Waals surface area contributed by atoms with E-state index < -0.39 is 28.5 Å². The van der Waals surface area contributed by atoms with Crippen LogP contribution in [0.1, 0.15) is 37.5 Å². The number of ether oxygens (including phenoxy) is 1. The van der Waals surface area contributed by atoms with E-state index >= 15 is 0 Å². The Hall–Kier alpha value is -3.85. The Labute approximate surface area is 238 Å². The molecule has 0 heterocycles. The summed E-state index contributed by atoms with van der Waals surface area (Å²) < 4.78 is 34.2. The number of hydrogen-bond donors (Lipinski definition) is 1. The molecule has 0 bridgehead atoms. The lowest BCUT2D eigenvalue weighted by molar-refractivity contribution is -0.139. The Morgan fingerprint density at radius 1 is 0.900 bits per heavy atom. The number of sulfonamides is 1. The Morgan fingerprint density at radius 3 is 2.23 bits per heavy atom. The fraction of sp³-hybridized carbons (Fsp3) is 0.355. The standard InChI is InChI=1S/C31H39N3O5S/c1-22(2)19-32-31(36)25(5)33(20-26-11-10-12-28(18-26)39-6)30(35)21-34(27-16-15-23(3)24(4)17-27)40(37,38)29-13-8-7-9-14-29/h7-18,22,25H,19-21H2,1-6H3,(H,32,36). The number of aryl methyl sites for hydroxylation is 2. The van der Waals surface area contributed by atoms with E-state index in [4.69, 9.17) is 4.74 Å². The summed E-state index contributed by atoms with van der Waals surface area (Å²) in [6, 6.07) is 19.7. The van der Waals surface area contributed by atoms with Crippen LogP contribution in [0.15, 0.2) is 77.7 Å². The molecule has 214 valence electrons. The predicted octanol–water partition coefficient (Wildman–Crippen LogP) is 4.70. The van der Waals surface area contributed by atoms with Gasteiger partial charge in [-0.3, -0.25) is 13.9 Å². The third-order valence-corrected chi connectivity index (χ3v) is 8.52. The van der Waals surface area contributed by atoms with Gasteiger partial charge < -0.3 is 15.0 Å². The number of anilines is 1. The van der Waals surface area contributed by atoms with E-state index in [0.29, 0.717) is 18.0 Å².